The highest BCUT2D eigenvalue weighted by molar-refractivity contribution is 5.92. The highest BCUT2D eigenvalue weighted by Gasteiger charge is 2.21. The lowest BCUT2D eigenvalue weighted by Crippen LogP contribution is -2.49. The molecule has 0 aliphatic heterocycles. The largest absolute Gasteiger partial charge is 0.370 e. The number of amides is 4. The maximum atomic E-state index is 11.4. The molecule has 0 rings (SSSR count). The first-order valence-corrected chi connectivity index (χ1v) is 4.44. The van der Waals surface area contributed by atoms with Crippen LogP contribution < -0.4 is 22.1 Å². The molecule has 4 amide bonds. The summed E-state index contributed by atoms with van der Waals surface area (Å²) >= 11 is 0. The number of carbonyl (C=O) groups excluding carboxylic acids is 4. The second-order valence-corrected chi connectivity index (χ2v) is 3.11. The van der Waals surface area contributed by atoms with Gasteiger partial charge in [0.15, 0.2) is 0 Å². The number of carbonyl (C=O) groups is 4. The molecule has 0 radical (unpaired) electrons. The molecule has 0 aromatic carbocycles. The summed E-state index contributed by atoms with van der Waals surface area (Å²) in [6, 6.07) is -1.09. The average molecular weight is 230 g/mol. The molecule has 0 saturated carbocycles. The minimum absolute atomic E-state index is 0.343. The van der Waals surface area contributed by atoms with Crippen LogP contribution in [0.5, 0.6) is 0 Å². The van der Waals surface area contributed by atoms with Crippen LogP contribution in [0.2, 0.25) is 0 Å². The van der Waals surface area contributed by atoms with Crippen molar-refractivity contribution in [1.82, 2.24) is 10.6 Å². The zero-order valence-corrected chi connectivity index (χ0v) is 8.78. The van der Waals surface area contributed by atoms with Crippen LogP contribution >= 0.6 is 0 Å². The van der Waals surface area contributed by atoms with E-state index in [9.17, 15) is 19.2 Å². The Kier molecular flexibility index (Phi) is 5.53. The number of primary amides is 2. The highest BCUT2D eigenvalue weighted by atomic mass is 16.2. The van der Waals surface area contributed by atoms with Crippen LogP contribution in [-0.4, -0.2) is 36.2 Å². The molecule has 0 fully saturated rings. The third kappa shape index (κ3) is 6.35. The Bertz CT molecular complexity index is 299. The molecule has 8 nitrogen and oxygen atoms in total. The van der Waals surface area contributed by atoms with Gasteiger partial charge in [0.1, 0.15) is 6.04 Å². The van der Waals surface area contributed by atoms with E-state index in [2.05, 4.69) is 10.6 Å². The summed E-state index contributed by atoms with van der Waals surface area (Å²) < 4.78 is 0. The van der Waals surface area contributed by atoms with Crippen LogP contribution in [0.1, 0.15) is 13.3 Å². The van der Waals surface area contributed by atoms with Crippen LogP contribution in [0.15, 0.2) is 0 Å². The monoisotopic (exact) mass is 230 g/mol. The fourth-order valence-electron chi connectivity index (χ4n) is 0.953. The molecule has 0 aromatic rings. The summed E-state index contributed by atoms with van der Waals surface area (Å²) in [5.74, 6) is -2.64. The second kappa shape index (κ2) is 6.38. The van der Waals surface area contributed by atoms with Crippen LogP contribution in [-0.2, 0) is 19.2 Å². The van der Waals surface area contributed by atoms with Crippen molar-refractivity contribution in [3.8, 4) is 0 Å². The number of nitrogens with one attached hydrogen (secondary N) is 2. The van der Waals surface area contributed by atoms with Gasteiger partial charge in [0, 0.05) is 6.92 Å². The van der Waals surface area contributed by atoms with Gasteiger partial charge in [-0.3, -0.25) is 19.2 Å². The Morgan fingerprint density at radius 1 is 1.12 bits per heavy atom. The Hall–Kier alpha value is -2.12. The van der Waals surface area contributed by atoms with E-state index < -0.39 is 29.7 Å². The Balaban J connectivity index is 4.36. The zero-order valence-electron chi connectivity index (χ0n) is 8.78. The van der Waals surface area contributed by atoms with Gasteiger partial charge >= 0.3 is 0 Å². The zero-order chi connectivity index (χ0) is 12.7. The van der Waals surface area contributed by atoms with E-state index in [-0.39, 0.29) is 13.0 Å². The summed E-state index contributed by atoms with van der Waals surface area (Å²) in [6.45, 7) is 0.822. The topological polar surface area (TPSA) is 144 Å². The molecule has 16 heavy (non-hydrogen) atoms. The molecule has 0 spiro atoms. The van der Waals surface area contributed by atoms with Gasteiger partial charge in [0.25, 0.3) is 0 Å². The number of hydrogen-bond acceptors (Lipinski definition) is 4. The number of nitrogens with two attached hydrogens (primary N) is 2. The third-order valence-corrected chi connectivity index (χ3v) is 1.54. The molecule has 1 atom stereocenters. The summed E-state index contributed by atoms with van der Waals surface area (Å²) in [7, 11) is 0. The summed E-state index contributed by atoms with van der Waals surface area (Å²) in [5.41, 5.74) is 9.71. The van der Waals surface area contributed by atoms with E-state index in [1.54, 1.807) is 0 Å². The van der Waals surface area contributed by atoms with Gasteiger partial charge in [0.2, 0.25) is 23.6 Å². The fraction of sp³-hybridized carbons (Fsp3) is 0.500. The molecular weight excluding hydrogens is 216 g/mol. The average Bonchev–Trinajstić information content (AvgIpc) is 2.11. The molecule has 6 N–H and O–H groups in total. The molecule has 0 heterocycles. The van der Waals surface area contributed by atoms with E-state index in [0.29, 0.717) is 0 Å². The van der Waals surface area contributed by atoms with Crippen molar-refractivity contribution in [2.24, 2.45) is 11.5 Å². The summed E-state index contributed by atoms with van der Waals surface area (Å²) in [6.07, 6.45) is -0.343. The van der Waals surface area contributed by atoms with Crippen LogP contribution in [0.4, 0.5) is 0 Å². The molecule has 0 bridgehead atoms. The third-order valence-electron chi connectivity index (χ3n) is 1.54. The molecule has 8 heteroatoms. The maximum Gasteiger partial charge on any atom is 0.243 e. The van der Waals surface area contributed by atoms with Crippen LogP contribution in [0.3, 0.4) is 0 Å². The van der Waals surface area contributed by atoms with E-state index in [1.165, 1.54) is 6.92 Å². The molecule has 0 saturated heterocycles. The first kappa shape index (κ1) is 13.9. The van der Waals surface area contributed by atoms with Crippen molar-refractivity contribution < 1.29 is 19.2 Å². The van der Waals surface area contributed by atoms with Crippen molar-refractivity contribution in [2.45, 2.75) is 19.4 Å². The standard InChI is InChI=1S/C8H14N4O4/c1-4(13)12-5(2-6(9)14)8(16)11-3-7(10)15/h5H,2-3H2,1H3,(H2,9,14)(H2,10,15)(H,11,16)(H,12,13)/t5-/m0/s1. The van der Waals surface area contributed by atoms with E-state index in [4.69, 9.17) is 11.5 Å². The quantitative estimate of drug-likeness (QED) is 0.384. The number of rotatable bonds is 6. The van der Waals surface area contributed by atoms with E-state index in [1.807, 2.05) is 0 Å². The van der Waals surface area contributed by atoms with Crippen LogP contribution in [0, 0.1) is 0 Å². The van der Waals surface area contributed by atoms with E-state index in [0.717, 1.165) is 0 Å². The Labute approximate surface area is 91.7 Å². The smallest absolute Gasteiger partial charge is 0.243 e. The lowest BCUT2D eigenvalue weighted by Gasteiger charge is -2.15. The van der Waals surface area contributed by atoms with Gasteiger partial charge in [-0.05, 0) is 0 Å². The lowest BCUT2D eigenvalue weighted by atomic mass is 10.2. The highest BCUT2D eigenvalue weighted by Crippen LogP contribution is 1.91. The first-order valence-electron chi connectivity index (χ1n) is 4.44. The van der Waals surface area contributed by atoms with Gasteiger partial charge in [-0.25, -0.2) is 0 Å². The minimum Gasteiger partial charge on any atom is -0.370 e. The Morgan fingerprint density at radius 2 is 1.69 bits per heavy atom. The predicted molar refractivity (Wildman–Crippen MR) is 53.6 cm³/mol. The molecule has 0 aromatic heterocycles. The molecule has 0 unspecified atom stereocenters. The minimum atomic E-state index is -1.09. The van der Waals surface area contributed by atoms with Crippen molar-refractivity contribution >= 4 is 23.6 Å². The summed E-state index contributed by atoms with van der Waals surface area (Å²) in [5, 5.41) is 4.39. The predicted octanol–water partition coefficient (Wildman–Crippen LogP) is -3.03. The van der Waals surface area contributed by atoms with Crippen molar-refractivity contribution in [1.29, 1.82) is 0 Å². The SMILES string of the molecule is CC(=O)N[C@@H](CC(N)=O)C(=O)NCC(N)=O. The van der Waals surface area contributed by atoms with Gasteiger partial charge in [-0.15, -0.1) is 0 Å². The molecule has 90 valence electrons. The second-order valence-electron chi connectivity index (χ2n) is 3.11. The first-order chi connectivity index (χ1) is 7.32. The fourth-order valence-corrected chi connectivity index (χ4v) is 0.953. The normalized spacial score (nSPS) is 11.3. The van der Waals surface area contributed by atoms with Crippen LogP contribution in [0.25, 0.3) is 0 Å². The molecular formula is C8H14N4O4. The number of hydrogen-bond donors (Lipinski definition) is 4. The van der Waals surface area contributed by atoms with Gasteiger partial charge in [0.05, 0.1) is 13.0 Å². The van der Waals surface area contributed by atoms with Crippen molar-refractivity contribution in [2.75, 3.05) is 6.54 Å². The van der Waals surface area contributed by atoms with Gasteiger partial charge < -0.3 is 22.1 Å². The maximum absolute atomic E-state index is 11.4. The summed E-state index contributed by atoms with van der Waals surface area (Å²) in [4.78, 5) is 43.2. The van der Waals surface area contributed by atoms with E-state index >= 15 is 0 Å². The Morgan fingerprint density at radius 3 is 2.06 bits per heavy atom. The molecule has 0 aliphatic rings. The lowest BCUT2D eigenvalue weighted by molar-refractivity contribution is -0.131. The van der Waals surface area contributed by atoms with Gasteiger partial charge in [-0.2, -0.15) is 0 Å². The van der Waals surface area contributed by atoms with Crippen molar-refractivity contribution in [3.63, 3.8) is 0 Å². The van der Waals surface area contributed by atoms with Gasteiger partial charge in [-0.1, -0.05) is 0 Å². The van der Waals surface area contributed by atoms with Crippen molar-refractivity contribution in [3.05, 3.63) is 0 Å². The molecule has 0 aliphatic carbocycles.